The summed E-state index contributed by atoms with van der Waals surface area (Å²) in [6.07, 6.45) is 3.14. The molecule has 0 aliphatic heterocycles. The van der Waals surface area contributed by atoms with Gasteiger partial charge in [-0.15, -0.1) is 0 Å². The van der Waals surface area contributed by atoms with Crippen LogP contribution in [0.2, 0.25) is 0 Å². The molecule has 1 heterocycles. The van der Waals surface area contributed by atoms with E-state index in [0.29, 0.717) is 0 Å². The largest absolute Gasteiger partial charge is 0.383 e. The molecule has 0 spiro atoms. The van der Waals surface area contributed by atoms with Gasteiger partial charge in [0.15, 0.2) is 0 Å². The van der Waals surface area contributed by atoms with Gasteiger partial charge in [0.1, 0.15) is 0 Å². The Morgan fingerprint density at radius 1 is 1.25 bits per heavy atom. The van der Waals surface area contributed by atoms with Crippen LogP contribution >= 0.6 is 0 Å². The van der Waals surface area contributed by atoms with Gasteiger partial charge in [-0.3, -0.25) is 4.68 Å². The van der Waals surface area contributed by atoms with E-state index in [9.17, 15) is 0 Å². The Morgan fingerprint density at radius 2 is 2.00 bits per heavy atom. The van der Waals surface area contributed by atoms with E-state index in [0.717, 1.165) is 31.8 Å². The van der Waals surface area contributed by atoms with Crippen molar-refractivity contribution in [3.05, 3.63) is 41.6 Å². The number of methoxy groups -OCH3 is 1. The summed E-state index contributed by atoms with van der Waals surface area (Å²) in [5.74, 6) is 0. The summed E-state index contributed by atoms with van der Waals surface area (Å²) in [5, 5.41) is 7.95. The van der Waals surface area contributed by atoms with E-state index in [1.54, 1.807) is 7.11 Å². The lowest BCUT2D eigenvalue weighted by molar-refractivity contribution is 0.199. The first-order valence-electron chi connectivity index (χ1n) is 7.06. The van der Waals surface area contributed by atoms with Crippen LogP contribution in [0.1, 0.15) is 18.1 Å². The van der Waals surface area contributed by atoms with Crippen molar-refractivity contribution in [3.8, 4) is 11.3 Å². The van der Waals surface area contributed by atoms with E-state index in [1.807, 2.05) is 11.7 Å². The van der Waals surface area contributed by atoms with Crippen molar-refractivity contribution in [1.29, 1.82) is 0 Å². The van der Waals surface area contributed by atoms with Gasteiger partial charge in [-0.25, -0.2) is 0 Å². The van der Waals surface area contributed by atoms with Gasteiger partial charge in [0, 0.05) is 44.6 Å². The fourth-order valence-corrected chi connectivity index (χ4v) is 2.21. The first kappa shape index (κ1) is 14.8. The SMILES string of the molecule is CCc1ccc(-c2nn(C)cc2CNCCOC)cc1. The number of nitrogens with zero attached hydrogens (tertiary/aromatic N) is 2. The predicted molar refractivity (Wildman–Crippen MR) is 81.6 cm³/mol. The predicted octanol–water partition coefficient (Wildman–Crippen LogP) is 2.39. The Labute approximate surface area is 120 Å². The molecule has 2 aromatic rings. The quantitative estimate of drug-likeness (QED) is 0.787. The van der Waals surface area contributed by atoms with E-state index >= 15 is 0 Å². The molecule has 4 heteroatoms. The number of benzene rings is 1. The highest BCUT2D eigenvalue weighted by Crippen LogP contribution is 2.22. The lowest BCUT2D eigenvalue weighted by atomic mass is 10.1. The molecule has 2 rings (SSSR count). The highest BCUT2D eigenvalue weighted by Gasteiger charge is 2.09. The molecule has 0 aliphatic rings. The third-order valence-corrected chi connectivity index (χ3v) is 3.34. The summed E-state index contributed by atoms with van der Waals surface area (Å²) >= 11 is 0. The molecule has 1 aromatic carbocycles. The molecular weight excluding hydrogens is 250 g/mol. The first-order valence-corrected chi connectivity index (χ1v) is 7.06. The second kappa shape index (κ2) is 7.22. The summed E-state index contributed by atoms with van der Waals surface area (Å²) < 4.78 is 6.91. The van der Waals surface area contributed by atoms with Crippen molar-refractivity contribution in [2.75, 3.05) is 20.3 Å². The number of hydrogen-bond acceptors (Lipinski definition) is 3. The zero-order valence-electron chi connectivity index (χ0n) is 12.5. The van der Waals surface area contributed by atoms with Crippen LogP contribution in [0.4, 0.5) is 0 Å². The van der Waals surface area contributed by atoms with Crippen molar-refractivity contribution in [1.82, 2.24) is 15.1 Å². The molecule has 0 fully saturated rings. The minimum absolute atomic E-state index is 0.723. The maximum absolute atomic E-state index is 5.04. The van der Waals surface area contributed by atoms with Crippen LogP contribution in [0.25, 0.3) is 11.3 Å². The van der Waals surface area contributed by atoms with Gasteiger partial charge in [0.05, 0.1) is 12.3 Å². The van der Waals surface area contributed by atoms with Crippen LogP contribution in [0, 0.1) is 0 Å². The van der Waals surface area contributed by atoms with E-state index < -0.39 is 0 Å². The molecule has 0 unspecified atom stereocenters. The average molecular weight is 273 g/mol. The van der Waals surface area contributed by atoms with Crippen LogP contribution in [0.5, 0.6) is 0 Å². The lowest BCUT2D eigenvalue weighted by Gasteiger charge is -2.05. The van der Waals surface area contributed by atoms with Crippen LogP contribution in [0.15, 0.2) is 30.5 Å². The number of ether oxygens (including phenoxy) is 1. The van der Waals surface area contributed by atoms with Crippen molar-refractivity contribution >= 4 is 0 Å². The maximum Gasteiger partial charge on any atom is 0.0967 e. The summed E-state index contributed by atoms with van der Waals surface area (Å²) in [5.41, 5.74) is 4.80. The van der Waals surface area contributed by atoms with Gasteiger partial charge in [-0.05, 0) is 12.0 Å². The Balaban J connectivity index is 2.13. The highest BCUT2D eigenvalue weighted by molar-refractivity contribution is 5.63. The minimum atomic E-state index is 0.723. The summed E-state index contributed by atoms with van der Waals surface area (Å²) in [4.78, 5) is 0. The minimum Gasteiger partial charge on any atom is -0.383 e. The highest BCUT2D eigenvalue weighted by atomic mass is 16.5. The van der Waals surface area contributed by atoms with Crippen molar-refractivity contribution in [2.45, 2.75) is 19.9 Å². The van der Waals surface area contributed by atoms with Crippen molar-refractivity contribution < 1.29 is 4.74 Å². The van der Waals surface area contributed by atoms with Crippen LogP contribution < -0.4 is 5.32 Å². The zero-order valence-corrected chi connectivity index (χ0v) is 12.5. The molecule has 0 amide bonds. The standard InChI is InChI=1S/C16H23N3O/c1-4-13-5-7-14(8-6-13)16-15(12-19(2)18-16)11-17-9-10-20-3/h5-8,12,17H,4,9-11H2,1-3H3. The van der Waals surface area contributed by atoms with E-state index in [4.69, 9.17) is 4.74 Å². The number of rotatable bonds is 7. The van der Waals surface area contributed by atoms with Crippen LogP contribution in [-0.2, 0) is 24.8 Å². The van der Waals surface area contributed by atoms with E-state index in [1.165, 1.54) is 16.7 Å². The molecule has 0 saturated heterocycles. The fraction of sp³-hybridized carbons (Fsp3) is 0.438. The molecule has 1 aromatic heterocycles. The molecule has 108 valence electrons. The molecule has 0 saturated carbocycles. The molecule has 20 heavy (non-hydrogen) atoms. The van der Waals surface area contributed by atoms with Gasteiger partial charge < -0.3 is 10.1 Å². The summed E-state index contributed by atoms with van der Waals surface area (Å²) in [6.45, 7) is 4.55. The normalized spacial score (nSPS) is 10.9. The van der Waals surface area contributed by atoms with Gasteiger partial charge in [-0.1, -0.05) is 31.2 Å². The molecule has 0 bridgehead atoms. The van der Waals surface area contributed by atoms with Gasteiger partial charge in [0.2, 0.25) is 0 Å². The Kier molecular flexibility index (Phi) is 5.32. The third kappa shape index (κ3) is 3.68. The number of hydrogen-bond donors (Lipinski definition) is 1. The molecule has 0 radical (unpaired) electrons. The van der Waals surface area contributed by atoms with Gasteiger partial charge in [-0.2, -0.15) is 5.10 Å². The lowest BCUT2D eigenvalue weighted by Crippen LogP contribution is -2.18. The second-order valence-electron chi connectivity index (χ2n) is 4.90. The summed E-state index contributed by atoms with van der Waals surface area (Å²) in [7, 11) is 3.68. The Hall–Kier alpha value is -1.65. The van der Waals surface area contributed by atoms with Crippen LogP contribution in [0.3, 0.4) is 0 Å². The first-order chi connectivity index (χ1) is 9.74. The van der Waals surface area contributed by atoms with Crippen molar-refractivity contribution in [3.63, 3.8) is 0 Å². The average Bonchev–Trinajstić information content (AvgIpc) is 2.85. The van der Waals surface area contributed by atoms with E-state index in [-0.39, 0.29) is 0 Å². The summed E-state index contributed by atoms with van der Waals surface area (Å²) in [6, 6.07) is 8.65. The van der Waals surface area contributed by atoms with Crippen molar-refractivity contribution in [2.24, 2.45) is 7.05 Å². The number of aromatic nitrogens is 2. The molecule has 0 aliphatic carbocycles. The van der Waals surface area contributed by atoms with Gasteiger partial charge in [0.25, 0.3) is 0 Å². The molecule has 4 nitrogen and oxygen atoms in total. The zero-order chi connectivity index (χ0) is 14.4. The maximum atomic E-state index is 5.04. The fourth-order valence-electron chi connectivity index (χ4n) is 2.21. The Morgan fingerprint density at radius 3 is 2.65 bits per heavy atom. The molecular formula is C16H23N3O. The second-order valence-corrected chi connectivity index (χ2v) is 4.90. The van der Waals surface area contributed by atoms with Gasteiger partial charge >= 0.3 is 0 Å². The molecule has 1 N–H and O–H groups in total. The number of aryl methyl sites for hydroxylation is 2. The molecule has 0 atom stereocenters. The van der Waals surface area contributed by atoms with Crippen LogP contribution in [-0.4, -0.2) is 30.0 Å². The smallest absolute Gasteiger partial charge is 0.0967 e. The number of nitrogens with one attached hydrogen (secondary N) is 1. The Bertz CT molecular complexity index is 531. The third-order valence-electron chi connectivity index (χ3n) is 3.34. The van der Waals surface area contributed by atoms with E-state index in [2.05, 4.69) is 47.8 Å². The topological polar surface area (TPSA) is 39.1 Å². The monoisotopic (exact) mass is 273 g/mol.